The first-order chi connectivity index (χ1) is 9.93. The normalized spacial score (nSPS) is 11.8. The molecule has 0 bridgehead atoms. The second-order valence-electron chi connectivity index (χ2n) is 5.55. The molecule has 0 radical (unpaired) electrons. The Bertz CT molecular complexity index is 483. The Morgan fingerprint density at radius 1 is 1.43 bits per heavy atom. The highest BCUT2D eigenvalue weighted by molar-refractivity contribution is 5.75. The van der Waals surface area contributed by atoms with Crippen molar-refractivity contribution < 1.29 is 9.90 Å². The van der Waals surface area contributed by atoms with Crippen LogP contribution in [0.5, 0.6) is 0 Å². The number of carbonyl (C=O) groups is 1. The van der Waals surface area contributed by atoms with E-state index in [9.17, 15) is 4.79 Å². The van der Waals surface area contributed by atoms with Crippen molar-refractivity contribution in [2.75, 3.05) is 20.7 Å². The maximum Gasteiger partial charge on any atom is 0.222 e. The van der Waals surface area contributed by atoms with Gasteiger partial charge in [-0.15, -0.1) is 0 Å². The molecule has 1 rings (SSSR count). The van der Waals surface area contributed by atoms with Crippen LogP contribution in [-0.4, -0.2) is 42.7 Å². The van der Waals surface area contributed by atoms with E-state index >= 15 is 0 Å². The fourth-order valence-corrected chi connectivity index (χ4v) is 2.01. The summed E-state index contributed by atoms with van der Waals surface area (Å²) in [6, 6.07) is 8.12. The van der Waals surface area contributed by atoms with Gasteiger partial charge in [0.25, 0.3) is 0 Å². The largest absolute Gasteiger partial charge is 0.394 e. The van der Waals surface area contributed by atoms with Crippen LogP contribution in [0.25, 0.3) is 5.70 Å². The average molecular weight is 290 g/mol. The van der Waals surface area contributed by atoms with E-state index in [0.29, 0.717) is 6.42 Å². The molecule has 1 amide bonds. The fourth-order valence-electron chi connectivity index (χ4n) is 2.01. The molecule has 0 aliphatic carbocycles. The van der Waals surface area contributed by atoms with Crippen LogP contribution in [0, 0.1) is 0 Å². The maximum absolute atomic E-state index is 11.5. The van der Waals surface area contributed by atoms with Crippen LogP contribution in [0.2, 0.25) is 0 Å². The molecule has 0 aliphatic rings. The minimum Gasteiger partial charge on any atom is -0.394 e. The van der Waals surface area contributed by atoms with Crippen molar-refractivity contribution in [3.63, 3.8) is 0 Å². The summed E-state index contributed by atoms with van der Waals surface area (Å²) < 4.78 is 0. The van der Waals surface area contributed by atoms with Gasteiger partial charge < -0.3 is 15.3 Å². The van der Waals surface area contributed by atoms with Gasteiger partial charge in [-0.2, -0.15) is 0 Å². The third kappa shape index (κ3) is 6.00. The number of nitrogens with one attached hydrogen (secondary N) is 1. The Labute approximate surface area is 127 Å². The number of nitrogens with zero attached hydrogens (tertiary/aromatic N) is 1. The molecule has 4 nitrogen and oxygen atoms in total. The van der Waals surface area contributed by atoms with Crippen molar-refractivity contribution >= 4 is 11.6 Å². The van der Waals surface area contributed by atoms with Crippen molar-refractivity contribution in [1.29, 1.82) is 0 Å². The lowest BCUT2D eigenvalue weighted by Gasteiger charge is -2.15. The SMILES string of the molecule is C=C(NC(C)CO)c1cccc(CCCC(=O)N(C)C)c1. The summed E-state index contributed by atoms with van der Waals surface area (Å²) in [5.41, 5.74) is 3.02. The number of rotatable bonds is 8. The average Bonchev–Trinajstić information content (AvgIpc) is 2.47. The van der Waals surface area contributed by atoms with Gasteiger partial charge in [0.2, 0.25) is 5.91 Å². The van der Waals surface area contributed by atoms with Gasteiger partial charge in [-0.1, -0.05) is 24.8 Å². The molecule has 1 atom stereocenters. The van der Waals surface area contributed by atoms with E-state index in [2.05, 4.69) is 24.0 Å². The summed E-state index contributed by atoms with van der Waals surface area (Å²) >= 11 is 0. The van der Waals surface area contributed by atoms with E-state index in [1.807, 2.05) is 19.1 Å². The lowest BCUT2D eigenvalue weighted by Crippen LogP contribution is -2.27. The Balaban J connectivity index is 2.56. The highest BCUT2D eigenvalue weighted by Gasteiger charge is 2.06. The molecule has 0 aliphatic heterocycles. The minimum absolute atomic E-state index is 0.0149. The number of amides is 1. The summed E-state index contributed by atoms with van der Waals surface area (Å²) in [4.78, 5) is 13.2. The molecule has 4 heteroatoms. The molecule has 1 aromatic carbocycles. The highest BCUT2D eigenvalue weighted by atomic mass is 16.3. The van der Waals surface area contributed by atoms with Gasteiger partial charge in [0.05, 0.1) is 6.61 Å². The second-order valence-corrected chi connectivity index (χ2v) is 5.55. The Morgan fingerprint density at radius 2 is 2.14 bits per heavy atom. The van der Waals surface area contributed by atoms with Gasteiger partial charge in [-0.3, -0.25) is 4.79 Å². The summed E-state index contributed by atoms with van der Waals surface area (Å²) in [5.74, 6) is 0.161. The number of carbonyl (C=O) groups excluding carboxylic acids is 1. The molecular weight excluding hydrogens is 264 g/mol. The zero-order valence-electron chi connectivity index (χ0n) is 13.2. The third-order valence-corrected chi connectivity index (χ3v) is 3.32. The van der Waals surface area contributed by atoms with E-state index in [1.54, 1.807) is 19.0 Å². The van der Waals surface area contributed by atoms with Crippen molar-refractivity contribution in [3.05, 3.63) is 42.0 Å². The Kier molecular flexibility index (Phi) is 6.96. The van der Waals surface area contributed by atoms with Gasteiger partial charge in [0, 0.05) is 32.3 Å². The third-order valence-electron chi connectivity index (χ3n) is 3.32. The summed E-state index contributed by atoms with van der Waals surface area (Å²) in [6.07, 6.45) is 2.28. The van der Waals surface area contributed by atoms with Gasteiger partial charge in [0.15, 0.2) is 0 Å². The Hall–Kier alpha value is -1.81. The predicted molar refractivity (Wildman–Crippen MR) is 86.8 cm³/mol. The number of benzene rings is 1. The van der Waals surface area contributed by atoms with Crippen LogP contribution in [0.1, 0.15) is 30.9 Å². The number of hydrogen-bond donors (Lipinski definition) is 2. The molecular formula is C17H26N2O2. The molecule has 1 unspecified atom stereocenters. The molecule has 0 saturated heterocycles. The zero-order chi connectivity index (χ0) is 15.8. The highest BCUT2D eigenvalue weighted by Crippen LogP contribution is 2.14. The topological polar surface area (TPSA) is 52.6 Å². The lowest BCUT2D eigenvalue weighted by molar-refractivity contribution is -0.128. The number of aliphatic hydroxyl groups excluding tert-OH is 1. The first kappa shape index (κ1) is 17.2. The van der Waals surface area contributed by atoms with Crippen molar-refractivity contribution in [2.24, 2.45) is 0 Å². The quantitative estimate of drug-likeness (QED) is 0.770. The number of aryl methyl sites for hydroxylation is 1. The Morgan fingerprint density at radius 3 is 2.76 bits per heavy atom. The molecule has 0 heterocycles. The van der Waals surface area contributed by atoms with Crippen LogP contribution in [0.15, 0.2) is 30.8 Å². The molecule has 21 heavy (non-hydrogen) atoms. The molecule has 0 aromatic heterocycles. The molecule has 2 N–H and O–H groups in total. The minimum atomic E-state index is -0.0149. The number of hydrogen-bond acceptors (Lipinski definition) is 3. The van der Waals surface area contributed by atoms with Crippen molar-refractivity contribution in [2.45, 2.75) is 32.2 Å². The maximum atomic E-state index is 11.5. The van der Waals surface area contributed by atoms with Crippen LogP contribution in [0.4, 0.5) is 0 Å². The zero-order valence-corrected chi connectivity index (χ0v) is 13.2. The smallest absolute Gasteiger partial charge is 0.222 e. The van der Waals surface area contributed by atoms with E-state index in [1.165, 1.54) is 5.56 Å². The first-order valence-electron chi connectivity index (χ1n) is 7.29. The van der Waals surface area contributed by atoms with Crippen LogP contribution in [0.3, 0.4) is 0 Å². The monoisotopic (exact) mass is 290 g/mol. The summed E-state index contributed by atoms with van der Waals surface area (Å²) in [5, 5.41) is 12.2. The standard InChI is InChI=1S/C17H26N2O2/c1-13(12-20)18-14(2)16-9-5-7-15(11-16)8-6-10-17(21)19(3)4/h5,7,9,11,13,18,20H,2,6,8,10,12H2,1,3-4H3. The van der Waals surface area contributed by atoms with E-state index in [-0.39, 0.29) is 18.6 Å². The molecule has 116 valence electrons. The first-order valence-corrected chi connectivity index (χ1v) is 7.29. The summed E-state index contributed by atoms with van der Waals surface area (Å²) in [6.45, 7) is 5.98. The van der Waals surface area contributed by atoms with Crippen molar-refractivity contribution in [1.82, 2.24) is 10.2 Å². The molecule has 0 spiro atoms. The summed E-state index contributed by atoms with van der Waals surface area (Å²) in [7, 11) is 3.56. The predicted octanol–water partition coefficient (Wildman–Crippen LogP) is 2.04. The van der Waals surface area contributed by atoms with Gasteiger partial charge >= 0.3 is 0 Å². The van der Waals surface area contributed by atoms with Crippen LogP contribution < -0.4 is 5.32 Å². The van der Waals surface area contributed by atoms with Crippen LogP contribution >= 0.6 is 0 Å². The second kappa shape index (κ2) is 8.47. The fraction of sp³-hybridized carbons (Fsp3) is 0.471. The molecule has 1 aromatic rings. The van der Waals surface area contributed by atoms with E-state index in [4.69, 9.17) is 5.11 Å². The van der Waals surface area contributed by atoms with E-state index in [0.717, 1.165) is 24.1 Å². The van der Waals surface area contributed by atoms with Crippen LogP contribution in [-0.2, 0) is 11.2 Å². The lowest BCUT2D eigenvalue weighted by atomic mass is 10.0. The van der Waals surface area contributed by atoms with E-state index < -0.39 is 0 Å². The molecule has 0 fully saturated rings. The molecule has 0 saturated carbocycles. The van der Waals surface area contributed by atoms with Crippen molar-refractivity contribution in [3.8, 4) is 0 Å². The van der Waals surface area contributed by atoms with Gasteiger partial charge in [-0.05, 0) is 37.0 Å². The van der Waals surface area contributed by atoms with Gasteiger partial charge in [-0.25, -0.2) is 0 Å². The number of aliphatic hydroxyl groups is 1. The van der Waals surface area contributed by atoms with Gasteiger partial charge in [0.1, 0.15) is 0 Å².